The number of benzene rings is 1. The van der Waals surface area contributed by atoms with Crippen molar-refractivity contribution in [1.82, 2.24) is 8.87 Å². The van der Waals surface area contributed by atoms with Gasteiger partial charge in [-0.05, 0) is 43.0 Å². The van der Waals surface area contributed by atoms with E-state index in [4.69, 9.17) is 11.6 Å². The van der Waals surface area contributed by atoms with E-state index < -0.39 is 10.0 Å². The van der Waals surface area contributed by atoms with Gasteiger partial charge < -0.3 is 4.57 Å². The second kappa shape index (κ2) is 5.63. The van der Waals surface area contributed by atoms with Crippen LogP contribution in [-0.4, -0.2) is 36.6 Å². The van der Waals surface area contributed by atoms with Gasteiger partial charge in [0.15, 0.2) is 0 Å². The third kappa shape index (κ3) is 3.25. The smallest absolute Gasteiger partial charge is 0.211 e. The molecule has 0 N–H and O–H groups in total. The number of fused-ring (bicyclic) bond motifs is 1. The van der Waals surface area contributed by atoms with Gasteiger partial charge in [-0.15, -0.1) is 0 Å². The summed E-state index contributed by atoms with van der Waals surface area (Å²) in [7, 11) is -3.08. The van der Waals surface area contributed by atoms with Crippen LogP contribution in [-0.2, 0) is 16.6 Å². The molecule has 1 fully saturated rings. The van der Waals surface area contributed by atoms with E-state index in [-0.39, 0.29) is 0 Å². The largest absolute Gasteiger partial charge is 0.347 e. The van der Waals surface area contributed by atoms with E-state index in [9.17, 15) is 8.42 Å². The summed E-state index contributed by atoms with van der Waals surface area (Å²) in [5, 5.41) is 1.86. The van der Waals surface area contributed by atoms with Gasteiger partial charge in [0.1, 0.15) is 0 Å². The lowest BCUT2D eigenvalue weighted by molar-refractivity contribution is 0.248. The van der Waals surface area contributed by atoms with E-state index >= 15 is 0 Å². The number of sulfonamides is 1. The Kier molecular flexibility index (Phi) is 3.99. The lowest BCUT2D eigenvalue weighted by Crippen LogP contribution is -2.40. The zero-order valence-corrected chi connectivity index (χ0v) is 13.6. The molecule has 1 aromatic carbocycles. The Morgan fingerprint density at radius 2 is 2.14 bits per heavy atom. The maximum absolute atomic E-state index is 11.7. The van der Waals surface area contributed by atoms with Crippen molar-refractivity contribution in [3.05, 3.63) is 35.5 Å². The fourth-order valence-corrected chi connectivity index (χ4v) is 4.21. The van der Waals surface area contributed by atoms with E-state index in [2.05, 4.69) is 16.8 Å². The number of rotatable bonds is 3. The minimum atomic E-state index is -3.08. The molecule has 0 bridgehead atoms. The fourth-order valence-electron chi connectivity index (χ4n) is 3.09. The topological polar surface area (TPSA) is 42.3 Å². The number of hydrogen-bond acceptors (Lipinski definition) is 2. The molecule has 3 rings (SSSR count). The second-order valence-electron chi connectivity index (χ2n) is 5.80. The molecule has 1 unspecified atom stereocenters. The summed E-state index contributed by atoms with van der Waals surface area (Å²) < 4.78 is 27.2. The average Bonchev–Trinajstić information content (AvgIpc) is 2.80. The van der Waals surface area contributed by atoms with Crippen LogP contribution in [0.2, 0.25) is 5.02 Å². The van der Waals surface area contributed by atoms with Crippen LogP contribution >= 0.6 is 11.6 Å². The van der Waals surface area contributed by atoms with Crippen LogP contribution in [0.3, 0.4) is 0 Å². The first-order valence-corrected chi connectivity index (χ1v) is 9.35. The van der Waals surface area contributed by atoms with Crippen LogP contribution in [0.25, 0.3) is 10.9 Å². The molecule has 0 amide bonds. The van der Waals surface area contributed by atoms with Gasteiger partial charge in [-0.25, -0.2) is 12.7 Å². The molecule has 1 saturated heterocycles. The monoisotopic (exact) mass is 326 g/mol. The summed E-state index contributed by atoms with van der Waals surface area (Å²) >= 11 is 6.01. The lowest BCUT2D eigenvalue weighted by Gasteiger charge is -2.31. The molecule has 0 spiro atoms. The lowest BCUT2D eigenvalue weighted by atomic mass is 9.99. The van der Waals surface area contributed by atoms with Crippen molar-refractivity contribution >= 4 is 32.5 Å². The van der Waals surface area contributed by atoms with Crippen molar-refractivity contribution < 1.29 is 8.42 Å². The fraction of sp³-hybridized carbons (Fsp3) is 0.467. The van der Waals surface area contributed by atoms with Gasteiger partial charge in [-0.2, -0.15) is 0 Å². The number of hydrogen-bond donors (Lipinski definition) is 0. The first kappa shape index (κ1) is 14.9. The summed E-state index contributed by atoms with van der Waals surface area (Å²) in [6.45, 7) is 2.11. The van der Waals surface area contributed by atoms with Crippen molar-refractivity contribution in [2.45, 2.75) is 19.4 Å². The molecule has 0 saturated carbocycles. The van der Waals surface area contributed by atoms with Crippen LogP contribution < -0.4 is 0 Å². The zero-order chi connectivity index (χ0) is 15.0. The molecule has 1 aliphatic rings. The van der Waals surface area contributed by atoms with Gasteiger partial charge in [0.25, 0.3) is 0 Å². The normalized spacial score (nSPS) is 21.0. The molecule has 1 atom stereocenters. The molecule has 0 radical (unpaired) electrons. The summed E-state index contributed by atoms with van der Waals surface area (Å²) in [4.78, 5) is 0. The Balaban J connectivity index is 1.79. The number of aromatic nitrogens is 1. The minimum Gasteiger partial charge on any atom is -0.347 e. The van der Waals surface area contributed by atoms with E-state index in [0.717, 1.165) is 35.3 Å². The molecule has 1 aliphatic heterocycles. The second-order valence-corrected chi connectivity index (χ2v) is 8.22. The summed E-state index contributed by atoms with van der Waals surface area (Å²) in [5.74, 6) is 0.361. The van der Waals surface area contributed by atoms with Crippen LogP contribution in [0.1, 0.15) is 12.8 Å². The summed E-state index contributed by atoms with van der Waals surface area (Å²) in [6, 6.07) is 7.92. The van der Waals surface area contributed by atoms with E-state index in [1.165, 1.54) is 6.26 Å². The zero-order valence-electron chi connectivity index (χ0n) is 12.0. The Morgan fingerprint density at radius 1 is 1.33 bits per heavy atom. The molecule has 6 heteroatoms. The van der Waals surface area contributed by atoms with Crippen molar-refractivity contribution in [2.75, 3.05) is 19.3 Å². The first-order valence-electron chi connectivity index (χ1n) is 7.13. The highest BCUT2D eigenvalue weighted by atomic mass is 35.5. The summed E-state index contributed by atoms with van der Waals surface area (Å²) in [5.41, 5.74) is 1.15. The maximum atomic E-state index is 11.7. The van der Waals surface area contributed by atoms with Gasteiger partial charge in [0.05, 0.1) is 6.26 Å². The Morgan fingerprint density at radius 3 is 2.90 bits per heavy atom. The minimum absolute atomic E-state index is 0.361. The predicted molar refractivity (Wildman–Crippen MR) is 86.1 cm³/mol. The highest BCUT2D eigenvalue weighted by molar-refractivity contribution is 7.88. The number of halogens is 1. The average molecular weight is 327 g/mol. The highest BCUT2D eigenvalue weighted by Gasteiger charge is 2.26. The maximum Gasteiger partial charge on any atom is 0.211 e. The Hall–Kier alpha value is -1.04. The van der Waals surface area contributed by atoms with E-state index in [1.807, 2.05) is 18.2 Å². The Bertz CT molecular complexity index is 754. The van der Waals surface area contributed by atoms with Crippen LogP contribution in [0.15, 0.2) is 30.5 Å². The van der Waals surface area contributed by atoms with Crippen molar-refractivity contribution in [3.8, 4) is 0 Å². The molecule has 4 nitrogen and oxygen atoms in total. The van der Waals surface area contributed by atoms with Crippen molar-refractivity contribution in [2.24, 2.45) is 5.92 Å². The first-order chi connectivity index (χ1) is 9.93. The molecule has 1 aromatic heterocycles. The molecule has 114 valence electrons. The van der Waals surface area contributed by atoms with Crippen molar-refractivity contribution in [1.29, 1.82) is 0 Å². The van der Waals surface area contributed by atoms with E-state index in [1.54, 1.807) is 4.31 Å². The number of nitrogens with zero attached hydrogens (tertiary/aromatic N) is 2. The molecule has 2 heterocycles. The number of piperidine rings is 1. The SMILES string of the molecule is CS(=O)(=O)N1CCCC(Cn2ccc3cc(Cl)ccc32)C1. The van der Waals surface area contributed by atoms with Crippen LogP contribution in [0.5, 0.6) is 0 Å². The van der Waals surface area contributed by atoms with Gasteiger partial charge >= 0.3 is 0 Å². The third-order valence-corrected chi connectivity index (χ3v) is 5.64. The molecular formula is C15H19ClN2O2S. The molecule has 2 aromatic rings. The van der Waals surface area contributed by atoms with Gasteiger partial charge in [0.2, 0.25) is 10.0 Å². The molecule has 21 heavy (non-hydrogen) atoms. The molecule has 0 aliphatic carbocycles. The summed E-state index contributed by atoms with van der Waals surface area (Å²) in [6.07, 6.45) is 5.35. The Labute approximate surface area is 130 Å². The third-order valence-electron chi connectivity index (χ3n) is 4.14. The predicted octanol–water partition coefficient (Wildman–Crippen LogP) is 2.97. The van der Waals surface area contributed by atoms with Crippen LogP contribution in [0.4, 0.5) is 0 Å². The quantitative estimate of drug-likeness (QED) is 0.870. The van der Waals surface area contributed by atoms with Gasteiger partial charge in [0, 0.05) is 41.8 Å². The van der Waals surface area contributed by atoms with Crippen LogP contribution in [0, 0.1) is 5.92 Å². The van der Waals surface area contributed by atoms with Gasteiger partial charge in [-0.1, -0.05) is 11.6 Å². The highest BCUT2D eigenvalue weighted by Crippen LogP contribution is 2.25. The van der Waals surface area contributed by atoms with Crippen molar-refractivity contribution in [3.63, 3.8) is 0 Å². The standard InChI is InChI=1S/C15H19ClN2O2S/c1-21(19,20)18-7-2-3-12(11-18)10-17-8-6-13-9-14(16)4-5-15(13)17/h4-6,8-9,12H,2-3,7,10-11H2,1H3. The van der Waals surface area contributed by atoms with Gasteiger partial charge in [-0.3, -0.25) is 0 Å². The molecular weight excluding hydrogens is 308 g/mol. The van der Waals surface area contributed by atoms with E-state index in [0.29, 0.717) is 19.0 Å².